The molecule has 1 amide bonds. The summed E-state index contributed by atoms with van der Waals surface area (Å²) in [4.78, 5) is 23.2. The zero-order chi connectivity index (χ0) is 11.6. The fraction of sp³-hybridized carbons (Fsp3) is 0.833. The molecule has 4 heteroatoms. The van der Waals surface area contributed by atoms with Crippen LogP contribution in [0, 0.1) is 5.92 Å². The van der Waals surface area contributed by atoms with Gasteiger partial charge in [0.2, 0.25) is 5.91 Å². The third-order valence-electron chi connectivity index (χ3n) is 3.95. The average molecular weight is 225 g/mol. The summed E-state index contributed by atoms with van der Waals surface area (Å²) in [6.07, 6.45) is 6.98. The lowest BCUT2D eigenvalue weighted by molar-refractivity contribution is -0.150. The summed E-state index contributed by atoms with van der Waals surface area (Å²) < 4.78 is 0. The monoisotopic (exact) mass is 225 g/mol. The first-order valence-corrected chi connectivity index (χ1v) is 6.19. The Morgan fingerprint density at radius 2 is 1.69 bits per heavy atom. The first-order valence-electron chi connectivity index (χ1n) is 6.19. The molecule has 90 valence electrons. The highest BCUT2D eigenvalue weighted by molar-refractivity contribution is 5.88. The van der Waals surface area contributed by atoms with Crippen molar-refractivity contribution in [3.63, 3.8) is 0 Å². The van der Waals surface area contributed by atoms with E-state index in [1.54, 1.807) is 0 Å². The smallest absolute Gasteiger partial charge is 0.329 e. The van der Waals surface area contributed by atoms with Gasteiger partial charge in [0.25, 0.3) is 0 Å². The van der Waals surface area contributed by atoms with E-state index in [1.807, 2.05) is 0 Å². The summed E-state index contributed by atoms with van der Waals surface area (Å²) in [7, 11) is 0. The van der Waals surface area contributed by atoms with Gasteiger partial charge in [0, 0.05) is 5.92 Å². The average Bonchev–Trinajstić information content (AvgIpc) is 2.15. The number of carbonyl (C=O) groups excluding carboxylic acids is 1. The third kappa shape index (κ3) is 2.06. The quantitative estimate of drug-likeness (QED) is 0.768. The first-order chi connectivity index (χ1) is 7.64. The van der Waals surface area contributed by atoms with Gasteiger partial charge in [0.05, 0.1) is 0 Å². The molecule has 0 heterocycles. The van der Waals surface area contributed by atoms with Crippen LogP contribution >= 0.6 is 0 Å². The fourth-order valence-electron chi connectivity index (χ4n) is 2.56. The number of carbonyl (C=O) groups is 2. The van der Waals surface area contributed by atoms with Gasteiger partial charge in [-0.3, -0.25) is 4.79 Å². The number of aliphatic carboxylic acids is 1. The second kappa shape index (κ2) is 4.44. The lowest BCUT2D eigenvalue weighted by atomic mass is 9.79. The molecule has 0 spiro atoms. The Hall–Kier alpha value is -1.06. The Morgan fingerprint density at radius 1 is 1.06 bits per heavy atom. The molecule has 0 aromatic rings. The van der Waals surface area contributed by atoms with E-state index in [0.717, 1.165) is 38.5 Å². The van der Waals surface area contributed by atoms with Crippen LogP contribution in [0.4, 0.5) is 0 Å². The van der Waals surface area contributed by atoms with Crippen molar-refractivity contribution in [1.82, 2.24) is 5.32 Å². The Bertz CT molecular complexity index is 291. The largest absolute Gasteiger partial charge is 0.480 e. The van der Waals surface area contributed by atoms with Crippen molar-refractivity contribution in [2.75, 3.05) is 0 Å². The number of nitrogens with one attached hydrogen (secondary N) is 1. The summed E-state index contributed by atoms with van der Waals surface area (Å²) >= 11 is 0. The molecule has 0 aromatic carbocycles. The van der Waals surface area contributed by atoms with E-state index < -0.39 is 11.5 Å². The van der Waals surface area contributed by atoms with Crippen LogP contribution in [-0.4, -0.2) is 22.5 Å². The molecule has 0 radical (unpaired) electrons. The molecule has 0 bridgehead atoms. The minimum Gasteiger partial charge on any atom is -0.480 e. The van der Waals surface area contributed by atoms with Crippen molar-refractivity contribution >= 4 is 11.9 Å². The lowest BCUT2D eigenvalue weighted by Crippen LogP contribution is -2.57. The zero-order valence-electron chi connectivity index (χ0n) is 9.50. The van der Waals surface area contributed by atoms with Crippen molar-refractivity contribution in [3.8, 4) is 0 Å². The summed E-state index contributed by atoms with van der Waals surface area (Å²) in [6, 6.07) is 0. The number of hydrogen-bond donors (Lipinski definition) is 2. The molecule has 2 rings (SSSR count). The summed E-state index contributed by atoms with van der Waals surface area (Å²) in [6.45, 7) is 0. The fourth-order valence-corrected chi connectivity index (χ4v) is 2.56. The van der Waals surface area contributed by atoms with E-state index >= 15 is 0 Å². The number of rotatable bonds is 3. The van der Waals surface area contributed by atoms with Gasteiger partial charge in [-0.1, -0.05) is 25.7 Å². The maximum Gasteiger partial charge on any atom is 0.329 e. The molecule has 2 aliphatic rings. The summed E-state index contributed by atoms with van der Waals surface area (Å²) in [5.41, 5.74) is -0.967. The van der Waals surface area contributed by atoms with Gasteiger partial charge in [0.1, 0.15) is 5.54 Å². The Morgan fingerprint density at radius 3 is 2.12 bits per heavy atom. The third-order valence-corrected chi connectivity index (χ3v) is 3.95. The molecule has 0 aromatic heterocycles. The van der Waals surface area contributed by atoms with E-state index in [2.05, 4.69) is 5.32 Å². The van der Waals surface area contributed by atoms with Gasteiger partial charge in [-0.05, 0) is 25.7 Å². The minimum absolute atomic E-state index is 0.0458. The highest BCUT2D eigenvalue weighted by Gasteiger charge is 2.42. The van der Waals surface area contributed by atoms with Gasteiger partial charge in [-0.2, -0.15) is 0 Å². The number of carboxylic acids is 1. The number of amides is 1. The number of hydrogen-bond acceptors (Lipinski definition) is 2. The molecule has 0 saturated heterocycles. The van der Waals surface area contributed by atoms with Crippen molar-refractivity contribution < 1.29 is 14.7 Å². The van der Waals surface area contributed by atoms with Crippen LogP contribution in [0.1, 0.15) is 51.4 Å². The Kier molecular flexibility index (Phi) is 3.17. The van der Waals surface area contributed by atoms with Crippen LogP contribution in [-0.2, 0) is 9.59 Å². The Labute approximate surface area is 95.4 Å². The molecule has 4 nitrogen and oxygen atoms in total. The minimum atomic E-state index is -0.967. The molecule has 2 fully saturated rings. The molecule has 0 atom stereocenters. The predicted octanol–water partition coefficient (Wildman–Crippen LogP) is 1.69. The van der Waals surface area contributed by atoms with Gasteiger partial charge in [-0.15, -0.1) is 0 Å². The van der Waals surface area contributed by atoms with Crippen LogP contribution in [0.15, 0.2) is 0 Å². The highest BCUT2D eigenvalue weighted by atomic mass is 16.4. The maximum absolute atomic E-state index is 11.8. The molecule has 0 aliphatic heterocycles. The van der Waals surface area contributed by atoms with Gasteiger partial charge in [0.15, 0.2) is 0 Å². The zero-order valence-corrected chi connectivity index (χ0v) is 9.50. The second-order valence-electron chi connectivity index (χ2n) is 5.06. The molecule has 16 heavy (non-hydrogen) atoms. The molecular weight excluding hydrogens is 206 g/mol. The van der Waals surface area contributed by atoms with Crippen molar-refractivity contribution in [1.29, 1.82) is 0 Å². The molecule has 2 saturated carbocycles. The number of carboxylic acid groups (broad SMARTS) is 1. The van der Waals surface area contributed by atoms with E-state index in [1.165, 1.54) is 0 Å². The molecule has 2 aliphatic carbocycles. The van der Waals surface area contributed by atoms with Gasteiger partial charge < -0.3 is 10.4 Å². The second-order valence-corrected chi connectivity index (χ2v) is 5.06. The van der Waals surface area contributed by atoms with E-state index in [-0.39, 0.29) is 11.8 Å². The van der Waals surface area contributed by atoms with Crippen LogP contribution in [0.5, 0.6) is 0 Å². The summed E-state index contributed by atoms with van der Waals surface area (Å²) in [5, 5.41) is 12.1. The molecular formula is C12H19NO3. The van der Waals surface area contributed by atoms with Gasteiger partial charge in [-0.25, -0.2) is 4.79 Å². The topological polar surface area (TPSA) is 66.4 Å². The van der Waals surface area contributed by atoms with Crippen LogP contribution < -0.4 is 5.32 Å². The van der Waals surface area contributed by atoms with Crippen LogP contribution in [0.2, 0.25) is 0 Å². The predicted molar refractivity (Wildman–Crippen MR) is 58.9 cm³/mol. The molecule has 2 N–H and O–H groups in total. The van der Waals surface area contributed by atoms with E-state index in [4.69, 9.17) is 0 Å². The van der Waals surface area contributed by atoms with E-state index in [0.29, 0.717) is 12.8 Å². The first kappa shape index (κ1) is 11.4. The SMILES string of the molecule is O=C(NC1(C(=O)O)CCCCC1)C1CCC1. The van der Waals surface area contributed by atoms with Crippen molar-refractivity contribution in [2.24, 2.45) is 5.92 Å². The van der Waals surface area contributed by atoms with Crippen LogP contribution in [0.25, 0.3) is 0 Å². The lowest BCUT2D eigenvalue weighted by Gasteiger charge is -2.36. The Balaban J connectivity index is 2.01. The maximum atomic E-state index is 11.8. The van der Waals surface area contributed by atoms with Crippen LogP contribution in [0.3, 0.4) is 0 Å². The van der Waals surface area contributed by atoms with Crippen molar-refractivity contribution in [2.45, 2.75) is 56.9 Å². The standard InChI is InChI=1S/C12H19NO3/c14-10(9-5-4-6-9)13-12(11(15)16)7-2-1-3-8-12/h9H,1-8H2,(H,13,14)(H,15,16). The van der Waals surface area contributed by atoms with Crippen molar-refractivity contribution in [3.05, 3.63) is 0 Å². The van der Waals surface area contributed by atoms with Gasteiger partial charge >= 0.3 is 5.97 Å². The highest BCUT2D eigenvalue weighted by Crippen LogP contribution is 2.31. The van der Waals surface area contributed by atoms with E-state index in [9.17, 15) is 14.7 Å². The normalized spacial score (nSPS) is 24.5. The summed E-state index contributed by atoms with van der Waals surface area (Å²) in [5.74, 6) is -0.839. The molecule has 0 unspecified atom stereocenters.